The molecule has 1 amide bonds. The fourth-order valence-electron chi connectivity index (χ4n) is 2.37. The predicted octanol–water partition coefficient (Wildman–Crippen LogP) is -1.04. The molecule has 0 radical (unpaired) electrons. The van der Waals surface area contributed by atoms with Crippen molar-refractivity contribution in [2.45, 2.75) is 12.5 Å². The van der Waals surface area contributed by atoms with Gasteiger partial charge < -0.3 is 10.2 Å². The van der Waals surface area contributed by atoms with Crippen LogP contribution in [0.3, 0.4) is 0 Å². The first kappa shape index (κ1) is 14.1. The van der Waals surface area contributed by atoms with Crippen LogP contribution in [0, 0.1) is 0 Å². The maximum absolute atomic E-state index is 11.9. The lowest BCUT2D eigenvalue weighted by atomic mass is 10.2. The van der Waals surface area contributed by atoms with Gasteiger partial charge >= 0.3 is 5.69 Å². The Morgan fingerprint density at radius 2 is 2.10 bits per heavy atom. The topological polar surface area (TPSA) is 76.3 Å². The van der Waals surface area contributed by atoms with Crippen LogP contribution in [-0.4, -0.2) is 34.2 Å². The van der Waals surface area contributed by atoms with E-state index in [1.807, 2.05) is 4.90 Å². The Hall–Kier alpha value is -2.31. The van der Waals surface area contributed by atoms with Crippen LogP contribution in [-0.2, 0) is 18.9 Å². The average Bonchev–Trinajstić information content (AvgIpc) is 2.88. The molecule has 1 atom stereocenters. The van der Waals surface area contributed by atoms with Gasteiger partial charge in [-0.1, -0.05) is 6.58 Å². The Kier molecular flexibility index (Phi) is 3.78. The van der Waals surface area contributed by atoms with Crippen LogP contribution in [0.2, 0.25) is 0 Å². The number of rotatable bonds is 3. The number of nitrogens with one attached hydrogen (secondary N) is 1. The van der Waals surface area contributed by atoms with Gasteiger partial charge in [0.15, 0.2) is 0 Å². The lowest BCUT2D eigenvalue weighted by Crippen LogP contribution is -2.41. The zero-order valence-corrected chi connectivity index (χ0v) is 11.6. The molecule has 20 heavy (non-hydrogen) atoms. The van der Waals surface area contributed by atoms with Crippen molar-refractivity contribution in [1.29, 1.82) is 0 Å². The number of aromatic nitrogens is 2. The van der Waals surface area contributed by atoms with Gasteiger partial charge in [-0.3, -0.25) is 18.7 Å². The van der Waals surface area contributed by atoms with Gasteiger partial charge in [-0.15, -0.1) is 0 Å². The van der Waals surface area contributed by atoms with Crippen molar-refractivity contribution < 1.29 is 4.79 Å². The normalized spacial score (nSPS) is 18.1. The Balaban J connectivity index is 2.23. The van der Waals surface area contributed by atoms with E-state index in [2.05, 4.69) is 11.9 Å². The molecule has 0 bridgehead atoms. The van der Waals surface area contributed by atoms with Crippen LogP contribution in [0.25, 0.3) is 0 Å². The summed E-state index contributed by atoms with van der Waals surface area (Å²) >= 11 is 0. The molecule has 0 unspecified atom stereocenters. The minimum Gasteiger partial charge on any atom is -0.356 e. The summed E-state index contributed by atoms with van der Waals surface area (Å²) < 4.78 is 2.51. The molecule has 1 N–H and O–H groups in total. The molecule has 7 heteroatoms. The van der Waals surface area contributed by atoms with Gasteiger partial charge in [0, 0.05) is 39.3 Å². The molecule has 108 valence electrons. The summed E-state index contributed by atoms with van der Waals surface area (Å²) in [6.45, 7) is 4.66. The number of anilines is 1. The minimum absolute atomic E-state index is 0.000315. The molecule has 2 heterocycles. The van der Waals surface area contributed by atoms with Gasteiger partial charge in [0.25, 0.3) is 5.56 Å². The molecule has 0 aliphatic carbocycles. The summed E-state index contributed by atoms with van der Waals surface area (Å²) in [7, 11) is 3.08. The van der Waals surface area contributed by atoms with E-state index in [1.54, 1.807) is 7.05 Å². The summed E-state index contributed by atoms with van der Waals surface area (Å²) in [4.78, 5) is 36.8. The van der Waals surface area contributed by atoms with Crippen molar-refractivity contribution in [2.24, 2.45) is 14.1 Å². The number of amides is 1. The van der Waals surface area contributed by atoms with Gasteiger partial charge in [-0.2, -0.15) is 0 Å². The molecule has 0 aromatic carbocycles. The second-order valence-corrected chi connectivity index (χ2v) is 4.89. The van der Waals surface area contributed by atoms with Crippen molar-refractivity contribution >= 4 is 11.7 Å². The SMILES string of the molecule is C=CC(=O)N[C@@H]1CCN(c2cc(=O)n(C)c(=O)n2C)C1. The van der Waals surface area contributed by atoms with Crippen LogP contribution in [0.4, 0.5) is 5.82 Å². The zero-order valence-electron chi connectivity index (χ0n) is 11.6. The maximum Gasteiger partial charge on any atom is 0.332 e. The van der Waals surface area contributed by atoms with E-state index in [9.17, 15) is 14.4 Å². The van der Waals surface area contributed by atoms with Crippen LogP contribution >= 0.6 is 0 Å². The third kappa shape index (κ3) is 2.52. The Morgan fingerprint density at radius 3 is 2.75 bits per heavy atom. The summed E-state index contributed by atoms with van der Waals surface area (Å²) in [5, 5.41) is 2.82. The van der Waals surface area contributed by atoms with Gasteiger partial charge in [-0.25, -0.2) is 4.79 Å². The largest absolute Gasteiger partial charge is 0.356 e. The van der Waals surface area contributed by atoms with E-state index < -0.39 is 0 Å². The Bertz CT molecular complexity index is 659. The van der Waals surface area contributed by atoms with Crippen molar-refractivity contribution in [2.75, 3.05) is 18.0 Å². The third-order valence-corrected chi connectivity index (χ3v) is 3.54. The molecule has 1 fully saturated rings. The number of nitrogens with zero attached hydrogens (tertiary/aromatic N) is 3. The molecule has 1 aliphatic rings. The van der Waals surface area contributed by atoms with Gasteiger partial charge in [-0.05, 0) is 12.5 Å². The molecule has 1 aromatic heterocycles. The van der Waals surface area contributed by atoms with Gasteiger partial charge in [0.2, 0.25) is 5.91 Å². The third-order valence-electron chi connectivity index (χ3n) is 3.54. The maximum atomic E-state index is 11.9. The predicted molar refractivity (Wildman–Crippen MR) is 75.9 cm³/mol. The molecule has 7 nitrogen and oxygen atoms in total. The summed E-state index contributed by atoms with van der Waals surface area (Å²) in [6, 6.07) is 1.44. The lowest BCUT2D eigenvalue weighted by molar-refractivity contribution is -0.117. The number of carbonyl (C=O) groups is 1. The highest BCUT2D eigenvalue weighted by Gasteiger charge is 2.25. The van der Waals surface area contributed by atoms with Crippen molar-refractivity contribution in [3.63, 3.8) is 0 Å². The molecule has 1 saturated heterocycles. The summed E-state index contributed by atoms with van der Waals surface area (Å²) in [5.74, 6) is 0.364. The van der Waals surface area contributed by atoms with Crippen LogP contribution in [0.1, 0.15) is 6.42 Å². The minimum atomic E-state index is -0.355. The quantitative estimate of drug-likeness (QED) is 0.717. The Morgan fingerprint density at radius 1 is 1.40 bits per heavy atom. The van der Waals surface area contributed by atoms with Gasteiger partial charge in [0.1, 0.15) is 5.82 Å². The first-order valence-electron chi connectivity index (χ1n) is 6.39. The van der Waals surface area contributed by atoms with E-state index in [0.717, 1.165) is 11.0 Å². The van der Waals surface area contributed by atoms with E-state index in [-0.39, 0.29) is 23.2 Å². The standard InChI is InChI=1S/C13H18N4O3/c1-4-10(18)14-9-5-6-17(8-9)11-7-12(19)16(3)13(20)15(11)2/h4,7,9H,1,5-6,8H2,2-3H3,(H,14,18)/t9-/m1/s1. The van der Waals surface area contributed by atoms with Crippen LogP contribution < -0.4 is 21.5 Å². The zero-order chi connectivity index (χ0) is 14.9. The monoisotopic (exact) mass is 278 g/mol. The van der Waals surface area contributed by atoms with Crippen molar-refractivity contribution in [3.8, 4) is 0 Å². The van der Waals surface area contributed by atoms with Crippen LogP contribution in [0.5, 0.6) is 0 Å². The van der Waals surface area contributed by atoms with E-state index in [1.165, 1.54) is 23.8 Å². The van der Waals surface area contributed by atoms with E-state index in [4.69, 9.17) is 0 Å². The highest BCUT2D eigenvalue weighted by Crippen LogP contribution is 2.17. The first-order valence-corrected chi connectivity index (χ1v) is 6.39. The van der Waals surface area contributed by atoms with E-state index >= 15 is 0 Å². The second kappa shape index (κ2) is 5.36. The summed E-state index contributed by atoms with van der Waals surface area (Å²) in [6.07, 6.45) is 2.00. The first-order chi connectivity index (χ1) is 9.43. The summed E-state index contributed by atoms with van der Waals surface area (Å²) in [5.41, 5.74) is -0.687. The molecular formula is C13H18N4O3. The second-order valence-electron chi connectivity index (χ2n) is 4.89. The fraction of sp³-hybridized carbons (Fsp3) is 0.462. The number of carbonyl (C=O) groups excluding carboxylic acids is 1. The molecule has 0 saturated carbocycles. The molecular weight excluding hydrogens is 260 g/mol. The molecule has 2 rings (SSSR count). The average molecular weight is 278 g/mol. The molecule has 0 spiro atoms. The lowest BCUT2D eigenvalue weighted by Gasteiger charge is -2.21. The highest BCUT2D eigenvalue weighted by molar-refractivity contribution is 5.87. The Labute approximate surface area is 116 Å². The molecule has 1 aliphatic heterocycles. The van der Waals surface area contributed by atoms with Crippen molar-refractivity contribution in [1.82, 2.24) is 14.5 Å². The van der Waals surface area contributed by atoms with Crippen molar-refractivity contribution in [3.05, 3.63) is 39.6 Å². The smallest absolute Gasteiger partial charge is 0.332 e. The van der Waals surface area contributed by atoms with Crippen LogP contribution in [0.15, 0.2) is 28.3 Å². The van der Waals surface area contributed by atoms with E-state index in [0.29, 0.717) is 18.9 Å². The van der Waals surface area contributed by atoms with Gasteiger partial charge in [0.05, 0.1) is 0 Å². The highest BCUT2D eigenvalue weighted by atomic mass is 16.2. The fourth-order valence-corrected chi connectivity index (χ4v) is 2.37. The molecule has 1 aromatic rings. The number of hydrogen-bond acceptors (Lipinski definition) is 4. The number of hydrogen-bond donors (Lipinski definition) is 1.